The van der Waals surface area contributed by atoms with E-state index < -0.39 is 5.91 Å². The number of ether oxygens (including phenoxy) is 1. The van der Waals surface area contributed by atoms with Gasteiger partial charge >= 0.3 is 0 Å². The summed E-state index contributed by atoms with van der Waals surface area (Å²) in [6, 6.07) is 14.8. The summed E-state index contributed by atoms with van der Waals surface area (Å²) in [5.74, 6) is 0.205. The summed E-state index contributed by atoms with van der Waals surface area (Å²) in [4.78, 5) is 11.0. The minimum Gasteiger partial charge on any atom is -0.484 e. The van der Waals surface area contributed by atoms with Gasteiger partial charge in [0, 0.05) is 12.1 Å². The summed E-state index contributed by atoms with van der Waals surface area (Å²) in [6.07, 6.45) is -0.213. The van der Waals surface area contributed by atoms with Crippen molar-refractivity contribution in [2.75, 3.05) is 6.54 Å². The van der Waals surface area contributed by atoms with Crippen molar-refractivity contribution in [1.82, 2.24) is 0 Å². The fraction of sp³-hybridized carbons (Fsp3) is 0.188. The molecule has 1 amide bonds. The van der Waals surface area contributed by atoms with E-state index in [9.17, 15) is 4.79 Å². The first-order valence-electron chi connectivity index (χ1n) is 6.43. The normalized spacial score (nSPS) is 11.9. The highest BCUT2D eigenvalue weighted by atomic mass is 16.5. The summed E-state index contributed by atoms with van der Waals surface area (Å²) < 4.78 is 5.85. The van der Waals surface area contributed by atoms with Crippen LogP contribution in [0.15, 0.2) is 48.5 Å². The van der Waals surface area contributed by atoms with Crippen molar-refractivity contribution in [3.8, 4) is 5.75 Å². The van der Waals surface area contributed by atoms with Gasteiger partial charge in [0.25, 0.3) is 0 Å². The second-order valence-electron chi connectivity index (χ2n) is 4.64. The quantitative estimate of drug-likeness (QED) is 0.874. The summed E-state index contributed by atoms with van der Waals surface area (Å²) in [5.41, 5.74) is 13.6. The minimum atomic E-state index is -0.453. The molecule has 0 radical (unpaired) electrons. The Hall–Kier alpha value is -2.33. The number of hydrogen-bond donors (Lipinski definition) is 2. The molecule has 0 aliphatic rings. The van der Waals surface area contributed by atoms with Crippen LogP contribution >= 0.6 is 0 Å². The van der Waals surface area contributed by atoms with Crippen molar-refractivity contribution in [3.63, 3.8) is 0 Å². The van der Waals surface area contributed by atoms with Crippen molar-refractivity contribution in [3.05, 3.63) is 65.2 Å². The molecule has 0 aliphatic heterocycles. The second kappa shape index (κ2) is 6.21. The lowest BCUT2D eigenvalue weighted by atomic mass is 10.1. The van der Waals surface area contributed by atoms with Gasteiger partial charge in [-0.1, -0.05) is 29.8 Å². The molecule has 2 rings (SSSR count). The number of rotatable bonds is 5. The van der Waals surface area contributed by atoms with E-state index in [-0.39, 0.29) is 6.10 Å². The maximum Gasteiger partial charge on any atom is 0.248 e. The number of benzene rings is 2. The van der Waals surface area contributed by atoms with Gasteiger partial charge in [-0.25, -0.2) is 0 Å². The summed E-state index contributed by atoms with van der Waals surface area (Å²) in [7, 11) is 0. The molecule has 0 saturated carbocycles. The number of aryl methyl sites for hydroxylation is 1. The summed E-state index contributed by atoms with van der Waals surface area (Å²) >= 11 is 0. The fourth-order valence-electron chi connectivity index (χ4n) is 1.90. The lowest BCUT2D eigenvalue weighted by Crippen LogP contribution is -2.18. The van der Waals surface area contributed by atoms with Crippen molar-refractivity contribution in [1.29, 1.82) is 0 Å². The van der Waals surface area contributed by atoms with Crippen molar-refractivity contribution >= 4 is 5.91 Å². The molecule has 0 saturated heterocycles. The maximum atomic E-state index is 11.0. The van der Waals surface area contributed by atoms with Crippen molar-refractivity contribution < 1.29 is 9.53 Å². The first kappa shape index (κ1) is 14.1. The molecule has 4 nitrogen and oxygen atoms in total. The maximum absolute atomic E-state index is 11.0. The smallest absolute Gasteiger partial charge is 0.248 e. The molecule has 0 heterocycles. The Morgan fingerprint density at radius 3 is 2.20 bits per heavy atom. The van der Waals surface area contributed by atoms with Crippen molar-refractivity contribution in [2.24, 2.45) is 11.5 Å². The van der Waals surface area contributed by atoms with Crippen LogP contribution in [-0.2, 0) is 0 Å². The third-order valence-electron chi connectivity index (χ3n) is 3.08. The highest BCUT2D eigenvalue weighted by molar-refractivity contribution is 5.92. The van der Waals surface area contributed by atoms with Crippen LogP contribution in [0.2, 0.25) is 0 Å². The van der Waals surface area contributed by atoms with Crippen LogP contribution in [0.1, 0.15) is 27.6 Å². The number of carbonyl (C=O) groups is 1. The molecular weight excluding hydrogens is 252 g/mol. The topological polar surface area (TPSA) is 78.3 Å². The average Bonchev–Trinajstić information content (AvgIpc) is 2.46. The summed E-state index contributed by atoms with van der Waals surface area (Å²) in [5, 5.41) is 0. The Morgan fingerprint density at radius 1 is 1.10 bits per heavy atom. The molecular formula is C16H18N2O2. The van der Waals surface area contributed by atoms with Gasteiger partial charge in [0.05, 0.1) is 0 Å². The lowest BCUT2D eigenvalue weighted by Gasteiger charge is -2.18. The van der Waals surface area contributed by atoms with E-state index in [1.807, 2.05) is 31.2 Å². The SMILES string of the molecule is Cc1ccc(C(CN)Oc2ccc(C(N)=O)cc2)cc1. The Balaban J connectivity index is 2.13. The van der Waals surface area contributed by atoms with E-state index in [4.69, 9.17) is 16.2 Å². The first-order valence-corrected chi connectivity index (χ1v) is 6.43. The Kier molecular flexibility index (Phi) is 4.38. The molecule has 0 fully saturated rings. The predicted octanol–water partition coefficient (Wildman–Crippen LogP) is 2.17. The van der Waals surface area contributed by atoms with Crippen LogP contribution in [0.25, 0.3) is 0 Å². The highest BCUT2D eigenvalue weighted by Gasteiger charge is 2.11. The zero-order valence-corrected chi connectivity index (χ0v) is 11.4. The van der Waals surface area contributed by atoms with Crippen molar-refractivity contribution in [2.45, 2.75) is 13.0 Å². The molecule has 0 aromatic heterocycles. The van der Waals surface area contributed by atoms with Gasteiger partial charge in [-0.15, -0.1) is 0 Å². The van der Waals surface area contributed by atoms with E-state index in [0.29, 0.717) is 17.9 Å². The van der Waals surface area contributed by atoms with E-state index in [0.717, 1.165) is 5.56 Å². The molecule has 4 heteroatoms. The molecule has 104 valence electrons. The third kappa shape index (κ3) is 3.36. The molecule has 0 aliphatic carbocycles. The van der Waals surface area contributed by atoms with E-state index in [2.05, 4.69) is 0 Å². The van der Waals surface area contributed by atoms with Gasteiger partial charge in [0.2, 0.25) is 5.91 Å². The number of nitrogens with two attached hydrogens (primary N) is 2. The fourth-order valence-corrected chi connectivity index (χ4v) is 1.90. The van der Waals surface area contributed by atoms with Crippen LogP contribution < -0.4 is 16.2 Å². The molecule has 0 bridgehead atoms. The molecule has 2 aromatic rings. The lowest BCUT2D eigenvalue weighted by molar-refractivity contribution is 0.1000. The molecule has 1 atom stereocenters. The number of carbonyl (C=O) groups excluding carboxylic acids is 1. The largest absolute Gasteiger partial charge is 0.484 e. The number of primary amides is 1. The van der Waals surface area contributed by atoms with Crippen LogP contribution in [0, 0.1) is 6.92 Å². The van der Waals surface area contributed by atoms with Gasteiger partial charge in [0.15, 0.2) is 0 Å². The van der Waals surface area contributed by atoms with Gasteiger partial charge in [0.1, 0.15) is 11.9 Å². The summed E-state index contributed by atoms with van der Waals surface area (Å²) in [6.45, 7) is 2.41. The molecule has 4 N–H and O–H groups in total. The highest BCUT2D eigenvalue weighted by Crippen LogP contribution is 2.22. The number of hydrogen-bond acceptors (Lipinski definition) is 3. The van der Waals surface area contributed by atoms with Gasteiger partial charge in [-0.3, -0.25) is 4.79 Å². The molecule has 0 spiro atoms. The zero-order chi connectivity index (χ0) is 14.5. The van der Waals surface area contributed by atoms with Gasteiger partial charge < -0.3 is 16.2 Å². The monoisotopic (exact) mass is 270 g/mol. The Morgan fingerprint density at radius 2 is 1.70 bits per heavy atom. The predicted molar refractivity (Wildman–Crippen MR) is 78.6 cm³/mol. The van der Waals surface area contributed by atoms with Gasteiger partial charge in [-0.2, -0.15) is 0 Å². The third-order valence-corrected chi connectivity index (χ3v) is 3.08. The van der Waals surface area contributed by atoms with E-state index >= 15 is 0 Å². The Labute approximate surface area is 118 Å². The molecule has 20 heavy (non-hydrogen) atoms. The Bertz CT molecular complexity index is 576. The van der Waals surface area contributed by atoms with E-state index in [1.54, 1.807) is 24.3 Å². The standard InChI is InChI=1S/C16H18N2O2/c1-11-2-4-12(5-3-11)15(10-17)20-14-8-6-13(7-9-14)16(18)19/h2-9,15H,10,17H2,1H3,(H2,18,19). The van der Waals surface area contributed by atoms with Gasteiger partial charge in [-0.05, 0) is 36.8 Å². The minimum absolute atomic E-state index is 0.213. The van der Waals surface area contributed by atoms with Crippen LogP contribution in [0.4, 0.5) is 0 Å². The second-order valence-corrected chi connectivity index (χ2v) is 4.64. The van der Waals surface area contributed by atoms with Crippen LogP contribution in [0.3, 0.4) is 0 Å². The average molecular weight is 270 g/mol. The first-order chi connectivity index (χ1) is 9.60. The number of amides is 1. The van der Waals surface area contributed by atoms with E-state index in [1.165, 1.54) is 5.56 Å². The van der Waals surface area contributed by atoms with Crippen LogP contribution in [0.5, 0.6) is 5.75 Å². The molecule has 2 aromatic carbocycles. The molecule has 1 unspecified atom stereocenters. The van der Waals surface area contributed by atoms with Crippen LogP contribution in [-0.4, -0.2) is 12.5 Å². The zero-order valence-electron chi connectivity index (χ0n) is 11.4.